The molecule has 0 saturated carbocycles. The average Bonchev–Trinajstić information content (AvgIpc) is 2.32. The van der Waals surface area contributed by atoms with Crippen LogP contribution in [-0.2, 0) is 19.1 Å². The first kappa shape index (κ1) is 21.9. The third-order valence-electron chi connectivity index (χ3n) is 3.36. The topological polar surface area (TPSA) is 55.8 Å². The first-order valence-electron chi connectivity index (χ1n) is 8.25. The highest BCUT2D eigenvalue weighted by atomic mass is 16.5. The Morgan fingerprint density at radius 1 is 0.696 bits per heavy atom. The number of carbonyl (C=O) groups excluding carboxylic acids is 2. The van der Waals surface area contributed by atoms with Crippen LogP contribution in [0.1, 0.15) is 62.3 Å². The van der Waals surface area contributed by atoms with Gasteiger partial charge in [0.1, 0.15) is 13.2 Å². The first-order chi connectivity index (χ1) is 10.2. The Hall–Kier alpha value is -1.10. The van der Waals surface area contributed by atoms with Crippen LogP contribution in [-0.4, -0.2) is 48.7 Å². The average molecular weight is 329 g/mol. The van der Waals surface area contributed by atoms with Gasteiger partial charge in [-0.05, 0) is 62.3 Å². The maximum atomic E-state index is 11.8. The van der Waals surface area contributed by atoms with Crippen LogP contribution in [0.5, 0.6) is 0 Å². The van der Waals surface area contributed by atoms with Gasteiger partial charge in [0.15, 0.2) is 0 Å². The zero-order valence-corrected chi connectivity index (χ0v) is 16.4. The largest absolute Gasteiger partial charge is 0.464 e. The van der Waals surface area contributed by atoms with Gasteiger partial charge in [-0.2, -0.15) is 0 Å². The van der Waals surface area contributed by atoms with Crippen LogP contribution in [0.25, 0.3) is 0 Å². The normalized spacial score (nSPS) is 13.1. The van der Waals surface area contributed by atoms with Crippen molar-refractivity contribution in [1.29, 1.82) is 0 Å². The Labute approximate surface area is 141 Å². The minimum absolute atomic E-state index is 0.0950. The van der Waals surface area contributed by atoms with Crippen molar-refractivity contribution in [3.63, 3.8) is 0 Å². The molecule has 23 heavy (non-hydrogen) atoms. The monoisotopic (exact) mass is 329 g/mol. The van der Waals surface area contributed by atoms with E-state index in [0.29, 0.717) is 26.3 Å². The molecule has 0 spiro atoms. The summed E-state index contributed by atoms with van der Waals surface area (Å²) in [6, 6.07) is 0. The lowest BCUT2D eigenvalue weighted by Crippen LogP contribution is -2.45. The van der Waals surface area contributed by atoms with E-state index in [1.807, 2.05) is 41.5 Å². The van der Waals surface area contributed by atoms with Gasteiger partial charge in [-0.25, -0.2) is 0 Å². The van der Waals surface area contributed by atoms with Gasteiger partial charge in [0, 0.05) is 18.6 Å². The minimum Gasteiger partial charge on any atom is -0.464 e. The lowest BCUT2D eigenvalue weighted by atomic mass is 9.97. The van der Waals surface area contributed by atoms with Gasteiger partial charge in [-0.1, -0.05) is 0 Å². The molecule has 0 heterocycles. The lowest BCUT2D eigenvalue weighted by Gasteiger charge is -2.35. The van der Waals surface area contributed by atoms with E-state index in [1.165, 1.54) is 0 Å². The summed E-state index contributed by atoms with van der Waals surface area (Å²) in [5.41, 5.74) is -1.08. The summed E-state index contributed by atoms with van der Waals surface area (Å²) in [5.74, 6) is -0.406. The molecule has 0 aliphatic heterocycles. The van der Waals surface area contributed by atoms with Crippen molar-refractivity contribution in [1.82, 2.24) is 4.90 Å². The van der Waals surface area contributed by atoms with E-state index in [2.05, 4.69) is 25.7 Å². The van der Waals surface area contributed by atoms with Crippen molar-refractivity contribution >= 4 is 11.9 Å². The Bertz CT molecular complexity index is 365. The molecular weight excluding hydrogens is 294 g/mol. The highest BCUT2D eigenvalue weighted by Gasteiger charge is 2.26. The molecule has 0 rings (SSSR count). The van der Waals surface area contributed by atoms with Crippen molar-refractivity contribution < 1.29 is 19.1 Å². The highest BCUT2D eigenvalue weighted by Crippen LogP contribution is 2.17. The molecule has 0 N–H and O–H groups in total. The second-order valence-corrected chi connectivity index (χ2v) is 8.93. The van der Waals surface area contributed by atoms with Gasteiger partial charge in [0.05, 0.1) is 10.8 Å². The van der Waals surface area contributed by atoms with E-state index in [-0.39, 0.29) is 17.5 Å². The Balaban J connectivity index is 4.41. The third kappa shape index (κ3) is 8.94. The maximum absolute atomic E-state index is 11.8. The number of esters is 2. The second kappa shape index (κ2) is 8.13. The van der Waals surface area contributed by atoms with Crippen LogP contribution in [0.2, 0.25) is 0 Å². The SMILES string of the molecule is CC(C)(C)C(=O)OCCN(CCOC(=O)C(C)(C)C)C(C)(C)C. The van der Waals surface area contributed by atoms with Crippen LogP contribution in [0.4, 0.5) is 0 Å². The van der Waals surface area contributed by atoms with E-state index in [1.54, 1.807) is 0 Å². The molecule has 0 aliphatic carbocycles. The second-order valence-electron chi connectivity index (χ2n) is 8.93. The molecule has 0 aromatic carbocycles. The molecule has 0 aromatic heterocycles. The lowest BCUT2D eigenvalue weighted by molar-refractivity contribution is -0.154. The summed E-state index contributed by atoms with van der Waals surface area (Å²) in [6.45, 7) is 19.2. The Morgan fingerprint density at radius 3 is 1.22 bits per heavy atom. The number of nitrogens with zero attached hydrogens (tertiary/aromatic N) is 1. The zero-order chi connectivity index (χ0) is 18.5. The van der Waals surface area contributed by atoms with E-state index < -0.39 is 10.8 Å². The predicted molar refractivity (Wildman–Crippen MR) is 92.2 cm³/mol. The van der Waals surface area contributed by atoms with Gasteiger partial charge >= 0.3 is 11.9 Å². The molecule has 0 atom stereocenters. The third-order valence-corrected chi connectivity index (χ3v) is 3.36. The Kier molecular flexibility index (Phi) is 7.74. The fourth-order valence-corrected chi connectivity index (χ4v) is 1.71. The van der Waals surface area contributed by atoms with Crippen molar-refractivity contribution in [3.05, 3.63) is 0 Å². The molecule has 136 valence electrons. The highest BCUT2D eigenvalue weighted by molar-refractivity contribution is 5.75. The summed E-state index contributed by atoms with van der Waals surface area (Å²) in [4.78, 5) is 25.8. The predicted octanol–water partition coefficient (Wildman–Crippen LogP) is 3.27. The van der Waals surface area contributed by atoms with E-state index in [4.69, 9.17) is 9.47 Å². The molecular formula is C18H35NO4. The quantitative estimate of drug-likeness (QED) is 0.700. The van der Waals surface area contributed by atoms with Crippen LogP contribution in [0.15, 0.2) is 0 Å². The maximum Gasteiger partial charge on any atom is 0.311 e. The standard InChI is InChI=1S/C18H35NO4/c1-16(2,3)14(20)22-12-10-19(18(7,8)9)11-13-23-15(21)17(4,5)6/h10-13H2,1-9H3. The molecule has 5 heteroatoms. The molecule has 0 unspecified atom stereocenters. The van der Waals surface area contributed by atoms with Crippen LogP contribution in [0.3, 0.4) is 0 Å². The van der Waals surface area contributed by atoms with E-state index in [9.17, 15) is 9.59 Å². The van der Waals surface area contributed by atoms with Crippen LogP contribution < -0.4 is 0 Å². The van der Waals surface area contributed by atoms with Crippen LogP contribution >= 0.6 is 0 Å². The fourth-order valence-electron chi connectivity index (χ4n) is 1.71. The van der Waals surface area contributed by atoms with Crippen molar-refractivity contribution in [2.24, 2.45) is 10.8 Å². The molecule has 0 fully saturated rings. The Morgan fingerprint density at radius 2 is 1.00 bits per heavy atom. The molecule has 0 aliphatic rings. The van der Waals surface area contributed by atoms with E-state index >= 15 is 0 Å². The van der Waals surface area contributed by atoms with Crippen LogP contribution in [0, 0.1) is 10.8 Å². The summed E-state index contributed by atoms with van der Waals surface area (Å²) < 4.78 is 10.7. The summed E-state index contributed by atoms with van der Waals surface area (Å²) >= 11 is 0. The number of hydrogen-bond acceptors (Lipinski definition) is 5. The minimum atomic E-state index is -0.491. The number of hydrogen-bond donors (Lipinski definition) is 0. The molecule has 0 aromatic rings. The smallest absolute Gasteiger partial charge is 0.311 e. The van der Waals surface area contributed by atoms with Gasteiger partial charge in [-0.3, -0.25) is 14.5 Å². The number of ether oxygens (including phenoxy) is 2. The van der Waals surface area contributed by atoms with Crippen molar-refractivity contribution in [2.75, 3.05) is 26.3 Å². The van der Waals surface area contributed by atoms with Crippen molar-refractivity contribution in [2.45, 2.75) is 67.9 Å². The summed E-state index contributed by atoms with van der Waals surface area (Å²) in [5, 5.41) is 0. The summed E-state index contributed by atoms with van der Waals surface area (Å²) in [6.07, 6.45) is 0. The van der Waals surface area contributed by atoms with E-state index in [0.717, 1.165) is 0 Å². The van der Waals surface area contributed by atoms with Gasteiger partial charge in [0.2, 0.25) is 0 Å². The first-order valence-corrected chi connectivity index (χ1v) is 8.25. The molecule has 0 radical (unpaired) electrons. The van der Waals surface area contributed by atoms with Gasteiger partial charge in [0.25, 0.3) is 0 Å². The molecule has 0 amide bonds. The van der Waals surface area contributed by atoms with Gasteiger partial charge < -0.3 is 9.47 Å². The van der Waals surface area contributed by atoms with Gasteiger partial charge in [-0.15, -0.1) is 0 Å². The van der Waals surface area contributed by atoms with Crippen molar-refractivity contribution in [3.8, 4) is 0 Å². The molecule has 5 nitrogen and oxygen atoms in total. The molecule has 0 bridgehead atoms. The molecule has 0 saturated heterocycles. The summed E-state index contributed by atoms with van der Waals surface area (Å²) in [7, 11) is 0. The zero-order valence-electron chi connectivity index (χ0n) is 16.4. The fraction of sp³-hybridized carbons (Fsp3) is 0.889. The number of rotatable bonds is 6. The number of carbonyl (C=O) groups is 2.